The molecule has 0 radical (unpaired) electrons. The molecule has 0 N–H and O–H groups in total. The fourth-order valence-electron chi connectivity index (χ4n) is 1.92. The number of aryl methyl sites for hydroxylation is 2. The number of hydrogen-bond acceptors (Lipinski definition) is 4. The van der Waals surface area contributed by atoms with Crippen molar-refractivity contribution in [1.82, 2.24) is 5.06 Å². The maximum Gasteiger partial charge on any atom is 0.333 e. The van der Waals surface area contributed by atoms with Crippen LogP contribution in [0.5, 0.6) is 0 Å². The highest BCUT2D eigenvalue weighted by molar-refractivity contribution is 6.01. The van der Waals surface area contributed by atoms with E-state index in [9.17, 15) is 14.4 Å². The third-order valence-corrected chi connectivity index (χ3v) is 2.90. The van der Waals surface area contributed by atoms with Crippen LogP contribution in [-0.2, 0) is 25.6 Å². The number of nitrogens with zero attached hydrogens (tertiary/aromatic N) is 1. The maximum atomic E-state index is 11.6. The lowest BCUT2D eigenvalue weighted by atomic mass is 10.1. The minimum atomic E-state index is -0.565. The zero-order chi connectivity index (χ0) is 13.8. The van der Waals surface area contributed by atoms with Gasteiger partial charge in [-0.05, 0) is 18.9 Å². The van der Waals surface area contributed by atoms with Crippen molar-refractivity contribution in [3.8, 4) is 0 Å². The molecule has 1 fully saturated rings. The van der Waals surface area contributed by atoms with Gasteiger partial charge in [0.1, 0.15) is 0 Å². The molecule has 0 saturated carbocycles. The summed E-state index contributed by atoms with van der Waals surface area (Å²) in [6.45, 7) is 1.98. The van der Waals surface area contributed by atoms with Crippen molar-refractivity contribution < 1.29 is 19.2 Å². The third kappa shape index (κ3) is 3.40. The average Bonchev–Trinajstić information content (AvgIpc) is 2.68. The van der Waals surface area contributed by atoms with Gasteiger partial charge in [-0.25, -0.2) is 4.79 Å². The van der Waals surface area contributed by atoms with Gasteiger partial charge in [0.15, 0.2) is 0 Å². The molecule has 0 atom stereocenters. The molecule has 1 aliphatic heterocycles. The fraction of sp³-hybridized carbons (Fsp3) is 0.357. The average molecular weight is 261 g/mol. The Morgan fingerprint density at radius 2 is 1.95 bits per heavy atom. The number of rotatable bonds is 4. The Bertz CT molecular complexity index is 508. The van der Waals surface area contributed by atoms with Gasteiger partial charge in [-0.3, -0.25) is 9.59 Å². The van der Waals surface area contributed by atoms with Crippen LogP contribution in [0.1, 0.15) is 30.4 Å². The zero-order valence-corrected chi connectivity index (χ0v) is 10.7. The number of carbonyl (C=O) groups is 3. The van der Waals surface area contributed by atoms with Gasteiger partial charge in [-0.15, -0.1) is 5.06 Å². The molecule has 0 aliphatic carbocycles. The topological polar surface area (TPSA) is 63.7 Å². The Hall–Kier alpha value is -2.17. The zero-order valence-electron chi connectivity index (χ0n) is 10.7. The molecule has 0 aromatic heterocycles. The molecular weight excluding hydrogens is 246 g/mol. The minimum Gasteiger partial charge on any atom is -0.330 e. The normalized spacial score (nSPS) is 14.9. The first-order chi connectivity index (χ1) is 9.06. The van der Waals surface area contributed by atoms with E-state index in [4.69, 9.17) is 4.84 Å². The van der Waals surface area contributed by atoms with Crippen LogP contribution in [0.3, 0.4) is 0 Å². The monoisotopic (exact) mass is 261 g/mol. The summed E-state index contributed by atoms with van der Waals surface area (Å²) in [6, 6.07) is 7.80. The molecule has 0 unspecified atom stereocenters. The number of hydroxylamine groups is 2. The second-order valence-corrected chi connectivity index (χ2v) is 4.53. The Balaban J connectivity index is 1.85. The third-order valence-electron chi connectivity index (χ3n) is 2.90. The molecular formula is C14H15NO4. The molecule has 100 valence electrons. The summed E-state index contributed by atoms with van der Waals surface area (Å²) < 4.78 is 0. The molecule has 2 amide bonds. The summed E-state index contributed by atoms with van der Waals surface area (Å²) in [5, 5.41) is 0.582. The Labute approximate surface area is 111 Å². The molecule has 5 heteroatoms. The van der Waals surface area contributed by atoms with Crippen molar-refractivity contribution in [2.24, 2.45) is 0 Å². The van der Waals surface area contributed by atoms with Crippen LogP contribution in [0.25, 0.3) is 0 Å². The smallest absolute Gasteiger partial charge is 0.330 e. The predicted octanol–water partition coefficient (Wildman–Crippen LogP) is 1.53. The van der Waals surface area contributed by atoms with E-state index in [0.29, 0.717) is 11.5 Å². The van der Waals surface area contributed by atoms with E-state index < -0.39 is 17.8 Å². The van der Waals surface area contributed by atoms with E-state index in [1.165, 1.54) is 0 Å². The van der Waals surface area contributed by atoms with Gasteiger partial charge >= 0.3 is 5.97 Å². The molecule has 2 rings (SSSR count). The van der Waals surface area contributed by atoms with Crippen LogP contribution in [0.2, 0.25) is 0 Å². The van der Waals surface area contributed by atoms with Crippen molar-refractivity contribution in [1.29, 1.82) is 0 Å². The van der Waals surface area contributed by atoms with Crippen molar-refractivity contribution in [2.45, 2.75) is 32.6 Å². The van der Waals surface area contributed by atoms with Gasteiger partial charge in [0.25, 0.3) is 11.8 Å². The van der Waals surface area contributed by atoms with E-state index in [1.807, 2.05) is 31.2 Å². The number of imide groups is 1. The lowest BCUT2D eigenvalue weighted by Crippen LogP contribution is -2.32. The number of hydrogen-bond donors (Lipinski definition) is 0. The first-order valence-electron chi connectivity index (χ1n) is 6.18. The number of carbonyl (C=O) groups excluding carboxylic acids is 3. The second kappa shape index (κ2) is 5.65. The van der Waals surface area contributed by atoms with E-state index in [-0.39, 0.29) is 19.3 Å². The maximum absolute atomic E-state index is 11.6. The van der Waals surface area contributed by atoms with Crippen LogP contribution < -0.4 is 0 Å². The van der Waals surface area contributed by atoms with Crippen molar-refractivity contribution in [2.75, 3.05) is 0 Å². The minimum absolute atomic E-state index is 0.115. The van der Waals surface area contributed by atoms with Crippen molar-refractivity contribution >= 4 is 17.8 Å². The Morgan fingerprint density at radius 1 is 1.26 bits per heavy atom. The fourth-order valence-corrected chi connectivity index (χ4v) is 1.92. The summed E-state index contributed by atoms with van der Waals surface area (Å²) in [5.74, 6) is -1.46. The summed E-state index contributed by atoms with van der Waals surface area (Å²) in [7, 11) is 0. The van der Waals surface area contributed by atoms with E-state index in [1.54, 1.807) is 0 Å². The quantitative estimate of drug-likeness (QED) is 0.771. The summed E-state index contributed by atoms with van der Waals surface area (Å²) in [6.07, 6.45) is 0.894. The molecule has 1 aromatic carbocycles. The van der Waals surface area contributed by atoms with E-state index in [2.05, 4.69) is 0 Å². The molecule has 0 bridgehead atoms. The molecule has 1 aromatic rings. The highest BCUT2D eigenvalue weighted by atomic mass is 16.7. The lowest BCUT2D eigenvalue weighted by molar-refractivity contribution is -0.197. The number of benzene rings is 1. The Morgan fingerprint density at radius 3 is 2.58 bits per heavy atom. The van der Waals surface area contributed by atoms with Crippen LogP contribution in [0, 0.1) is 6.92 Å². The van der Waals surface area contributed by atoms with Gasteiger partial charge < -0.3 is 4.84 Å². The SMILES string of the molecule is Cc1cccc(CCC(=O)ON2C(=O)CCC2=O)c1. The van der Waals surface area contributed by atoms with Gasteiger partial charge in [0, 0.05) is 12.8 Å². The largest absolute Gasteiger partial charge is 0.333 e. The van der Waals surface area contributed by atoms with Gasteiger partial charge in [-0.2, -0.15) is 0 Å². The van der Waals surface area contributed by atoms with Crippen molar-refractivity contribution in [3.63, 3.8) is 0 Å². The molecule has 0 spiro atoms. The van der Waals surface area contributed by atoms with Crippen LogP contribution in [0.4, 0.5) is 0 Å². The molecule has 1 saturated heterocycles. The standard InChI is InChI=1S/C14H15NO4/c1-10-3-2-4-11(9-10)5-8-14(18)19-15-12(16)6-7-13(15)17/h2-4,9H,5-8H2,1H3. The van der Waals surface area contributed by atoms with E-state index in [0.717, 1.165) is 11.1 Å². The molecule has 5 nitrogen and oxygen atoms in total. The molecule has 1 aliphatic rings. The van der Waals surface area contributed by atoms with Gasteiger partial charge in [-0.1, -0.05) is 29.8 Å². The molecule has 1 heterocycles. The van der Waals surface area contributed by atoms with Crippen molar-refractivity contribution in [3.05, 3.63) is 35.4 Å². The summed E-state index contributed by atoms with van der Waals surface area (Å²) in [5.41, 5.74) is 2.15. The van der Waals surface area contributed by atoms with Gasteiger partial charge in [0.05, 0.1) is 6.42 Å². The van der Waals surface area contributed by atoms with E-state index >= 15 is 0 Å². The van der Waals surface area contributed by atoms with Gasteiger partial charge in [0.2, 0.25) is 0 Å². The van der Waals surface area contributed by atoms with Crippen LogP contribution in [-0.4, -0.2) is 22.8 Å². The molecule has 19 heavy (non-hydrogen) atoms. The Kier molecular flexibility index (Phi) is 3.94. The number of amides is 2. The predicted molar refractivity (Wildman–Crippen MR) is 66.7 cm³/mol. The van der Waals surface area contributed by atoms with Crippen LogP contribution in [0.15, 0.2) is 24.3 Å². The summed E-state index contributed by atoms with van der Waals surface area (Å²) in [4.78, 5) is 38.9. The highest BCUT2D eigenvalue weighted by Crippen LogP contribution is 2.13. The lowest BCUT2D eigenvalue weighted by Gasteiger charge is -2.12. The first-order valence-corrected chi connectivity index (χ1v) is 6.18. The highest BCUT2D eigenvalue weighted by Gasteiger charge is 2.32. The second-order valence-electron chi connectivity index (χ2n) is 4.53. The van der Waals surface area contributed by atoms with Crippen LogP contribution >= 0.6 is 0 Å². The first kappa shape index (κ1) is 13.3. The summed E-state index contributed by atoms with van der Waals surface area (Å²) >= 11 is 0.